The lowest BCUT2D eigenvalue weighted by Gasteiger charge is -2.16. The van der Waals surface area contributed by atoms with Gasteiger partial charge in [0.1, 0.15) is 0 Å². The van der Waals surface area contributed by atoms with Crippen LogP contribution >= 0.6 is 0 Å². The Bertz CT molecular complexity index is 517. The average molecular weight is 571 g/mol. The fraction of sp³-hybridized carbons (Fsp3) is 0.938. The Kier molecular flexibility index (Phi) is 29.8. The second-order valence-corrected chi connectivity index (χ2v) is 11.2. The van der Waals surface area contributed by atoms with Crippen molar-refractivity contribution >= 4 is 11.9 Å². The van der Waals surface area contributed by atoms with Crippen LogP contribution in [-0.2, 0) is 19.1 Å². The Balaban J connectivity index is 3.51. The van der Waals surface area contributed by atoms with Gasteiger partial charge in [-0.25, -0.2) is 0 Å². The van der Waals surface area contributed by atoms with Gasteiger partial charge in [-0.2, -0.15) is 0 Å². The van der Waals surface area contributed by atoms with Crippen LogP contribution in [0.2, 0.25) is 0 Å². The number of nitrogens with one attached hydrogen (secondary N) is 4. The van der Waals surface area contributed by atoms with Gasteiger partial charge in [0, 0.05) is 52.4 Å². The van der Waals surface area contributed by atoms with Crippen LogP contribution < -0.4 is 21.3 Å². The Labute approximate surface area is 247 Å². The lowest BCUT2D eigenvalue weighted by Crippen LogP contribution is -2.35. The molecular formula is C32H66N4O4. The van der Waals surface area contributed by atoms with Gasteiger partial charge >= 0.3 is 11.9 Å². The van der Waals surface area contributed by atoms with Crippen LogP contribution in [0, 0.1) is 11.8 Å². The number of unbranched alkanes of at least 4 members (excludes halogenated alkanes) is 4. The van der Waals surface area contributed by atoms with Gasteiger partial charge in [-0.15, -0.1) is 0 Å². The molecule has 40 heavy (non-hydrogen) atoms. The van der Waals surface area contributed by atoms with Crippen molar-refractivity contribution in [2.75, 3.05) is 65.6 Å². The second-order valence-electron chi connectivity index (χ2n) is 11.2. The monoisotopic (exact) mass is 571 g/mol. The minimum absolute atomic E-state index is 0.0924. The SMILES string of the molecule is CCCCCC(CCC)COC(=O)CCNCCNCCNCCNCCC(=O)OCC(CCC)CCCCC. The van der Waals surface area contributed by atoms with Crippen LogP contribution in [0.4, 0.5) is 0 Å². The van der Waals surface area contributed by atoms with Gasteiger partial charge in [0.25, 0.3) is 0 Å². The van der Waals surface area contributed by atoms with E-state index in [0.29, 0.717) is 51.0 Å². The molecule has 8 heteroatoms. The van der Waals surface area contributed by atoms with Crippen molar-refractivity contribution in [3.63, 3.8) is 0 Å². The van der Waals surface area contributed by atoms with Gasteiger partial charge in [0.15, 0.2) is 0 Å². The Morgan fingerprint density at radius 2 is 0.825 bits per heavy atom. The summed E-state index contributed by atoms with van der Waals surface area (Å²) >= 11 is 0. The van der Waals surface area contributed by atoms with Crippen LogP contribution in [0.25, 0.3) is 0 Å². The summed E-state index contributed by atoms with van der Waals surface area (Å²) in [6, 6.07) is 0. The Morgan fingerprint density at radius 1 is 0.475 bits per heavy atom. The van der Waals surface area contributed by atoms with Crippen LogP contribution in [0.15, 0.2) is 0 Å². The highest BCUT2D eigenvalue weighted by atomic mass is 16.5. The van der Waals surface area contributed by atoms with Crippen molar-refractivity contribution in [3.05, 3.63) is 0 Å². The third-order valence-electron chi connectivity index (χ3n) is 7.23. The molecule has 8 nitrogen and oxygen atoms in total. The van der Waals surface area contributed by atoms with Crippen molar-refractivity contribution in [2.24, 2.45) is 11.8 Å². The maximum atomic E-state index is 12.0. The zero-order valence-corrected chi connectivity index (χ0v) is 26.8. The minimum atomic E-state index is -0.0924. The molecule has 2 atom stereocenters. The molecule has 238 valence electrons. The number of ether oxygens (including phenoxy) is 2. The number of esters is 2. The van der Waals surface area contributed by atoms with Gasteiger partial charge in [-0.3, -0.25) is 9.59 Å². The first kappa shape index (κ1) is 38.8. The number of carbonyl (C=O) groups is 2. The maximum Gasteiger partial charge on any atom is 0.307 e. The first-order valence-corrected chi connectivity index (χ1v) is 16.7. The molecule has 0 aliphatic heterocycles. The molecule has 0 amide bonds. The average Bonchev–Trinajstić information content (AvgIpc) is 2.95. The lowest BCUT2D eigenvalue weighted by molar-refractivity contribution is -0.146. The maximum absolute atomic E-state index is 12.0. The zero-order valence-electron chi connectivity index (χ0n) is 26.8. The van der Waals surface area contributed by atoms with E-state index < -0.39 is 0 Å². The van der Waals surface area contributed by atoms with Crippen LogP contribution in [0.1, 0.15) is 118 Å². The Morgan fingerprint density at radius 3 is 1.15 bits per heavy atom. The zero-order chi connectivity index (χ0) is 29.5. The van der Waals surface area contributed by atoms with E-state index in [1.54, 1.807) is 0 Å². The first-order valence-electron chi connectivity index (χ1n) is 16.7. The molecule has 0 heterocycles. The highest BCUT2D eigenvalue weighted by Crippen LogP contribution is 2.17. The van der Waals surface area contributed by atoms with E-state index in [1.165, 1.54) is 51.4 Å². The quantitative estimate of drug-likeness (QED) is 0.0666. The van der Waals surface area contributed by atoms with Crippen molar-refractivity contribution < 1.29 is 19.1 Å². The van der Waals surface area contributed by atoms with E-state index >= 15 is 0 Å². The highest BCUT2D eigenvalue weighted by Gasteiger charge is 2.12. The third-order valence-corrected chi connectivity index (χ3v) is 7.23. The minimum Gasteiger partial charge on any atom is -0.465 e. The van der Waals surface area contributed by atoms with Gasteiger partial charge in [-0.05, 0) is 37.5 Å². The van der Waals surface area contributed by atoms with Gasteiger partial charge in [0.2, 0.25) is 0 Å². The van der Waals surface area contributed by atoms with Crippen LogP contribution in [0.5, 0.6) is 0 Å². The predicted octanol–water partition coefficient (Wildman–Crippen LogP) is 5.20. The summed E-state index contributed by atoms with van der Waals surface area (Å²) in [4.78, 5) is 24.0. The summed E-state index contributed by atoms with van der Waals surface area (Å²) in [6.07, 6.45) is 15.2. The van der Waals surface area contributed by atoms with E-state index in [-0.39, 0.29) is 11.9 Å². The number of carbonyl (C=O) groups excluding carboxylic acids is 2. The summed E-state index contributed by atoms with van der Waals surface area (Å²) < 4.78 is 11.0. The van der Waals surface area contributed by atoms with E-state index in [9.17, 15) is 9.59 Å². The van der Waals surface area contributed by atoms with Gasteiger partial charge in [-0.1, -0.05) is 79.1 Å². The van der Waals surface area contributed by atoms with E-state index in [4.69, 9.17) is 9.47 Å². The molecule has 0 fully saturated rings. The van der Waals surface area contributed by atoms with Crippen LogP contribution in [0.3, 0.4) is 0 Å². The molecule has 0 aromatic rings. The standard InChI is InChI=1S/C32H66N4O4/c1-5-9-11-15-29(13-7-3)27-39-31(37)17-19-33-21-23-35-25-26-36-24-22-34-20-18-32(38)40-28-30(14-8-4)16-12-10-6-2/h29-30,33-36H,5-28H2,1-4H3. The summed E-state index contributed by atoms with van der Waals surface area (Å²) in [7, 11) is 0. The smallest absolute Gasteiger partial charge is 0.307 e. The number of rotatable bonds is 31. The first-order chi connectivity index (χ1) is 19.6. The van der Waals surface area contributed by atoms with Crippen molar-refractivity contribution in [2.45, 2.75) is 118 Å². The fourth-order valence-corrected chi connectivity index (χ4v) is 4.78. The summed E-state index contributed by atoms with van der Waals surface area (Å²) in [6.45, 7) is 16.5. The molecule has 0 aliphatic carbocycles. The molecule has 0 bridgehead atoms. The van der Waals surface area contributed by atoms with Crippen molar-refractivity contribution in [1.29, 1.82) is 0 Å². The number of hydrogen-bond acceptors (Lipinski definition) is 8. The van der Waals surface area contributed by atoms with E-state index in [1.807, 2.05) is 0 Å². The lowest BCUT2D eigenvalue weighted by atomic mass is 9.97. The van der Waals surface area contributed by atoms with E-state index in [2.05, 4.69) is 49.0 Å². The van der Waals surface area contributed by atoms with Crippen LogP contribution in [-0.4, -0.2) is 77.5 Å². The topological polar surface area (TPSA) is 101 Å². The van der Waals surface area contributed by atoms with Gasteiger partial charge < -0.3 is 30.7 Å². The van der Waals surface area contributed by atoms with Crippen molar-refractivity contribution in [1.82, 2.24) is 21.3 Å². The Hall–Kier alpha value is -1.22. The molecule has 0 aromatic heterocycles. The van der Waals surface area contributed by atoms with Gasteiger partial charge in [0.05, 0.1) is 26.1 Å². The molecule has 0 saturated carbocycles. The summed E-state index contributed by atoms with van der Waals surface area (Å²) in [5.41, 5.74) is 0. The van der Waals surface area contributed by atoms with E-state index in [0.717, 1.165) is 65.0 Å². The number of hydrogen-bond donors (Lipinski definition) is 4. The molecular weight excluding hydrogens is 504 g/mol. The molecule has 0 saturated heterocycles. The highest BCUT2D eigenvalue weighted by molar-refractivity contribution is 5.69. The molecule has 4 N–H and O–H groups in total. The molecule has 0 aliphatic rings. The molecule has 0 spiro atoms. The predicted molar refractivity (Wildman–Crippen MR) is 168 cm³/mol. The third kappa shape index (κ3) is 27.0. The molecule has 0 aromatic carbocycles. The van der Waals surface area contributed by atoms with Crippen molar-refractivity contribution in [3.8, 4) is 0 Å². The normalized spacial score (nSPS) is 12.8. The largest absolute Gasteiger partial charge is 0.465 e. The molecule has 2 unspecified atom stereocenters. The second kappa shape index (κ2) is 30.7. The summed E-state index contributed by atoms with van der Waals surface area (Å²) in [5.74, 6) is 0.841. The summed E-state index contributed by atoms with van der Waals surface area (Å²) in [5, 5.41) is 13.4. The fourth-order valence-electron chi connectivity index (χ4n) is 4.78. The molecule has 0 rings (SSSR count). The molecule has 0 radical (unpaired) electrons.